The van der Waals surface area contributed by atoms with Crippen LogP contribution < -0.4 is 20.3 Å². The predicted octanol–water partition coefficient (Wildman–Crippen LogP) is 5.95. The van der Waals surface area contributed by atoms with Gasteiger partial charge in [0.25, 0.3) is 17.7 Å². The fourth-order valence-corrected chi connectivity index (χ4v) is 3.86. The molecule has 3 aromatic rings. The lowest BCUT2D eigenvalue weighted by Gasteiger charge is -2.16. The second-order valence-electron chi connectivity index (χ2n) is 8.06. The molecule has 3 amide bonds. The zero-order valence-electron chi connectivity index (χ0n) is 19.1. The van der Waals surface area contributed by atoms with Crippen molar-refractivity contribution in [3.8, 4) is 5.75 Å². The largest absolute Gasteiger partial charge is 0.489 e. The van der Waals surface area contributed by atoms with E-state index in [9.17, 15) is 18.8 Å². The van der Waals surface area contributed by atoms with Crippen molar-refractivity contribution in [1.82, 2.24) is 0 Å². The monoisotopic (exact) mass is 527 g/mol. The van der Waals surface area contributed by atoms with Crippen molar-refractivity contribution in [2.75, 3.05) is 15.5 Å². The topological polar surface area (TPSA) is 87.7 Å². The van der Waals surface area contributed by atoms with Crippen LogP contribution in [0.2, 0.25) is 5.02 Å². The molecule has 0 saturated heterocycles. The summed E-state index contributed by atoms with van der Waals surface area (Å²) in [5.41, 5.74) is 1.03. The Balaban J connectivity index is 1.54. The fraction of sp³-hybridized carbons (Fsp3) is 0.115. The molecular weight excluding hydrogens is 508 g/mol. The van der Waals surface area contributed by atoms with Crippen molar-refractivity contribution in [3.05, 3.63) is 93.9 Å². The third-order valence-corrected chi connectivity index (χ3v) is 5.72. The minimum absolute atomic E-state index is 0.0711. The van der Waals surface area contributed by atoms with Crippen molar-refractivity contribution >= 4 is 58.0 Å². The molecule has 36 heavy (non-hydrogen) atoms. The van der Waals surface area contributed by atoms with Crippen molar-refractivity contribution < 1.29 is 23.5 Å². The standard InChI is InChI=1S/C26H20Cl2FN3O4/c1-14(2)36-21-9-4-3-8-20(21)31-24(33)15-6-5-7-16(12-15)30-23-22(28)25(34)32(26(23)35)17-10-11-19(29)18(27)13-17/h3-14,30H,1-2H3,(H,31,33). The Morgan fingerprint density at radius 3 is 2.44 bits per heavy atom. The maximum atomic E-state index is 13.5. The Kier molecular flexibility index (Phi) is 7.28. The Hall–Kier alpha value is -3.88. The minimum Gasteiger partial charge on any atom is -0.489 e. The molecule has 0 aromatic heterocycles. The molecular formula is C26H20Cl2FN3O4. The highest BCUT2D eigenvalue weighted by atomic mass is 35.5. The van der Waals surface area contributed by atoms with Crippen LogP contribution in [-0.2, 0) is 9.59 Å². The minimum atomic E-state index is -0.789. The van der Waals surface area contributed by atoms with E-state index in [1.165, 1.54) is 12.1 Å². The first-order valence-electron chi connectivity index (χ1n) is 10.8. The highest BCUT2D eigenvalue weighted by molar-refractivity contribution is 6.53. The molecule has 2 N–H and O–H groups in total. The summed E-state index contributed by atoms with van der Waals surface area (Å²) in [6, 6.07) is 16.8. The van der Waals surface area contributed by atoms with Crippen LogP contribution in [0, 0.1) is 5.82 Å². The number of halogens is 3. The lowest BCUT2D eigenvalue weighted by molar-refractivity contribution is -0.120. The van der Waals surface area contributed by atoms with E-state index in [1.807, 2.05) is 13.8 Å². The van der Waals surface area contributed by atoms with Gasteiger partial charge in [0.05, 0.1) is 22.5 Å². The molecule has 7 nitrogen and oxygen atoms in total. The summed E-state index contributed by atoms with van der Waals surface area (Å²) < 4.78 is 19.3. The quantitative estimate of drug-likeness (QED) is 0.370. The predicted molar refractivity (Wildman–Crippen MR) is 137 cm³/mol. The van der Waals surface area contributed by atoms with Crippen LogP contribution in [0.1, 0.15) is 24.2 Å². The van der Waals surface area contributed by atoms with Crippen molar-refractivity contribution in [3.63, 3.8) is 0 Å². The van der Waals surface area contributed by atoms with Crippen LogP contribution >= 0.6 is 23.2 Å². The van der Waals surface area contributed by atoms with Gasteiger partial charge in [-0.1, -0.05) is 41.4 Å². The van der Waals surface area contributed by atoms with Crippen molar-refractivity contribution in [2.45, 2.75) is 20.0 Å². The molecule has 1 aliphatic rings. The molecule has 1 aliphatic heterocycles. The van der Waals surface area contributed by atoms with Gasteiger partial charge in [-0.25, -0.2) is 9.29 Å². The van der Waals surface area contributed by atoms with Gasteiger partial charge in [-0.3, -0.25) is 14.4 Å². The van der Waals surface area contributed by atoms with Crippen LogP contribution in [0.3, 0.4) is 0 Å². The van der Waals surface area contributed by atoms with E-state index in [1.54, 1.807) is 42.5 Å². The number of carbonyl (C=O) groups is 3. The third kappa shape index (κ3) is 5.19. The Morgan fingerprint density at radius 1 is 0.972 bits per heavy atom. The van der Waals surface area contributed by atoms with E-state index < -0.39 is 23.5 Å². The fourth-order valence-electron chi connectivity index (χ4n) is 3.47. The smallest absolute Gasteiger partial charge is 0.283 e. The molecule has 0 radical (unpaired) electrons. The molecule has 0 bridgehead atoms. The number of rotatable bonds is 7. The first kappa shape index (κ1) is 25.2. The number of hydrogen-bond acceptors (Lipinski definition) is 5. The van der Waals surface area contributed by atoms with Crippen LogP contribution in [0.5, 0.6) is 5.75 Å². The zero-order valence-corrected chi connectivity index (χ0v) is 20.7. The average molecular weight is 528 g/mol. The van der Waals surface area contributed by atoms with E-state index in [4.69, 9.17) is 27.9 Å². The number of para-hydroxylation sites is 2. The van der Waals surface area contributed by atoms with Gasteiger partial charge in [-0.2, -0.15) is 0 Å². The molecule has 0 unspecified atom stereocenters. The SMILES string of the molecule is CC(C)Oc1ccccc1NC(=O)c1cccc(NC2=C(Cl)C(=O)N(c3ccc(F)c(Cl)c3)C2=O)c1. The second kappa shape index (κ2) is 10.4. The number of amides is 3. The number of nitrogens with zero attached hydrogens (tertiary/aromatic N) is 1. The number of carbonyl (C=O) groups excluding carboxylic acids is 3. The molecule has 184 valence electrons. The van der Waals surface area contributed by atoms with Crippen LogP contribution in [0.25, 0.3) is 0 Å². The summed E-state index contributed by atoms with van der Waals surface area (Å²) in [5.74, 6) is -2.10. The van der Waals surface area contributed by atoms with Crippen molar-refractivity contribution in [2.24, 2.45) is 0 Å². The first-order chi connectivity index (χ1) is 17.2. The molecule has 1 heterocycles. The molecule has 0 fully saturated rings. The summed E-state index contributed by atoms with van der Waals surface area (Å²) in [6.45, 7) is 3.77. The molecule has 0 spiro atoms. The summed E-state index contributed by atoms with van der Waals surface area (Å²) in [5, 5.41) is 5.03. The highest BCUT2D eigenvalue weighted by Gasteiger charge is 2.39. The van der Waals surface area contributed by atoms with E-state index in [0.29, 0.717) is 17.1 Å². The van der Waals surface area contributed by atoms with Gasteiger partial charge < -0.3 is 15.4 Å². The maximum Gasteiger partial charge on any atom is 0.283 e. The number of hydrogen-bond donors (Lipinski definition) is 2. The van der Waals surface area contributed by atoms with Crippen molar-refractivity contribution in [1.29, 1.82) is 0 Å². The molecule has 3 aromatic carbocycles. The average Bonchev–Trinajstić information content (AvgIpc) is 3.05. The van der Waals surface area contributed by atoms with Gasteiger partial charge in [0.1, 0.15) is 22.3 Å². The highest BCUT2D eigenvalue weighted by Crippen LogP contribution is 2.32. The first-order valence-corrected chi connectivity index (χ1v) is 11.6. The Bertz CT molecular complexity index is 1410. The van der Waals surface area contributed by atoms with Gasteiger partial charge in [0.15, 0.2) is 0 Å². The van der Waals surface area contributed by atoms with Crippen LogP contribution in [0.15, 0.2) is 77.5 Å². The Labute approximate surface area is 216 Å². The number of ether oxygens (including phenoxy) is 1. The van der Waals surface area contributed by atoms with E-state index >= 15 is 0 Å². The van der Waals surface area contributed by atoms with E-state index in [-0.39, 0.29) is 33.1 Å². The van der Waals surface area contributed by atoms with Gasteiger partial charge in [-0.05, 0) is 62.4 Å². The summed E-state index contributed by atoms with van der Waals surface area (Å²) in [7, 11) is 0. The molecule has 4 rings (SSSR count). The summed E-state index contributed by atoms with van der Waals surface area (Å²) >= 11 is 12.0. The molecule has 0 aliphatic carbocycles. The lowest BCUT2D eigenvalue weighted by atomic mass is 10.1. The van der Waals surface area contributed by atoms with Gasteiger partial charge in [0, 0.05) is 11.3 Å². The van der Waals surface area contributed by atoms with Gasteiger partial charge >= 0.3 is 0 Å². The Morgan fingerprint density at radius 2 is 1.72 bits per heavy atom. The van der Waals surface area contributed by atoms with Gasteiger partial charge in [0.2, 0.25) is 0 Å². The molecule has 0 atom stereocenters. The van der Waals surface area contributed by atoms with E-state index in [0.717, 1.165) is 17.0 Å². The zero-order chi connectivity index (χ0) is 26.0. The number of nitrogens with one attached hydrogen (secondary N) is 2. The number of anilines is 3. The normalized spacial score (nSPS) is 13.4. The number of imide groups is 1. The van der Waals surface area contributed by atoms with Crippen LogP contribution in [0.4, 0.5) is 21.5 Å². The lowest BCUT2D eigenvalue weighted by Crippen LogP contribution is -2.32. The maximum absolute atomic E-state index is 13.5. The third-order valence-electron chi connectivity index (χ3n) is 5.08. The van der Waals surface area contributed by atoms with Crippen LogP contribution in [-0.4, -0.2) is 23.8 Å². The summed E-state index contributed by atoms with van der Waals surface area (Å²) in [6.07, 6.45) is -0.0780. The molecule has 10 heteroatoms. The molecule has 0 saturated carbocycles. The van der Waals surface area contributed by atoms with E-state index in [2.05, 4.69) is 10.6 Å². The second-order valence-corrected chi connectivity index (χ2v) is 8.84. The summed E-state index contributed by atoms with van der Waals surface area (Å²) in [4.78, 5) is 39.3. The number of benzene rings is 3. The van der Waals surface area contributed by atoms with Gasteiger partial charge in [-0.15, -0.1) is 0 Å².